The second kappa shape index (κ2) is 6.80. The van der Waals surface area contributed by atoms with Crippen molar-refractivity contribution < 1.29 is 18.8 Å². The minimum Gasteiger partial charge on any atom is -0.352 e. The molecule has 2 saturated heterocycles. The Labute approximate surface area is 143 Å². The summed E-state index contributed by atoms with van der Waals surface area (Å²) in [7, 11) is 0. The summed E-state index contributed by atoms with van der Waals surface area (Å²) in [5.41, 5.74) is 0.238. The highest BCUT2D eigenvalue weighted by Crippen LogP contribution is 2.31. The highest BCUT2D eigenvalue weighted by Gasteiger charge is 2.48. The maximum atomic E-state index is 13.4. The molecular formula is C16H18FN3O3S. The van der Waals surface area contributed by atoms with Crippen molar-refractivity contribution in [3.05, 3.63) is 30.1 Å². The zero-order valence-corrected chi connectivity index (χ0v) is 14.0. The first kappa shape index (κ1) is 16.8. The van der Waals surface area contributed by atoms with Crippen molar-refractivity contribution in [1.82, 2.24) is 10.2 Å². The van der Waals surface area contributed by atoms with Crippen LogP contribution >= 0.6 is 11.8 Å². The largest absolute Gasteiger partial charge is 0.352 e. The molecule has 0 saturated carbocycles. The van der Waals surface area contributed by atoms with E-state index in [-0.39, 0.29) is 23.5 Å². The Balaban J connectivity index is 1.75. The molecule has 0 radical (unpaired) electrons. The fourth-order valence-corrected chi connectivity index (χ4v) is 3.53. The van der Waals surface area contributed by atoms with Gasteiger partial charge in [0.2, 0.25) is 5.91 Å². The van der Waals surface area contributed by atoms with Crippen LogP contribution in [-0.2, 0) is 9.59 Å². The van der Waals surface area contributed by atoms with Crippen LogP contribution in [0.5, 0.6) is 0 Å². The van der Waals surface area contributed by atoms with Gasteiger partial charge in [-0.25, -0.2) is 14.1 Å². The van der Waals surface area contributed by atoms with Gasteiger partial charge in [-0.15, -0.1) is 0 Å². The van der Waals surface area contributed by atoms with Gasteiger partial charge >= 0.3 is 6.03 Å². The van der Waals surface area contributed by atoms with E-state index in [1.807, 2.05) is 6.26 Å². The fourth-order valence-electron chi connectivity index (χ4n) is 3.18. The van der Waals surface area contributed by atoms with Crippen LogP contribution < -0.4 is 10.2 Å². The van der Waals surface area contributed by atoms with Crippen LogP contribution in [0.4, 0.5) is 14.9 Å². The first-order valence-corrected chi connectivity index (χ1v) is 9.09. The highest BCUT2D eigenvalue weighted by atomic mass is 32.2. The molecule has 1 aromatic carbocycles. The van der Waals surface area contributed by atoms with Gasteiger partial charge in [-0.3, -0.25) is 9.59 Å². The minimum absolute atomic E-state index is 0.0697. The molecule has 8 heteroatoms. The number of imide groups is 1. The Bertz CT molecular complexity index is 684. The zero-order chi connectivity index (χ0) is 17.3. The van der Waals surface area contributed by atoms with Gasteiger partial charge in [-0.2, -0.15) is 11.8 Å². The predicted octanol–water partition coefficient (Wildman–Crippen LogP) is 1.60. The number of hydrogen-bond donors (Lipinski definition) is 1. The second-order valence-electron chi connectivity index (χ2n) is 5.87. The van der Waals surface area contributed by atoms with Gasteiger partial charge in [0.25, 0.3) is 5.91 Å². The maximum Gasteiger partial charge on any atom is 0.332 e. The molecule has 0 spiro atoms. The lowest BCUT2D eigenvalue weighted by molar-refractivity contribution is -0.123. The third kappa shape index (κ3) is 3.10. The molecule has 2 atom stereocenters. The van der Waals surface area contributed by atoms with Gasteiger partial charge in [0.1, 0.15) is 11.9 Å². The zero-order valence-electron chi connectivity index (χ0n) is 13.2. The van der Waals surface area contributed by atoms with Gasteiger partial charge in [-0.05, 0) is 37.3 Å². The van der Waals surface area contributed by atoms with E-state index in [1.54, 1.807) is 0 Å². The van der Waals surface area contributed by atoms with Gasteiger partial charge in [-0.1, -0.05) is 6.07 Å². The maximum absolute atomic E-state index is 13.4. The molecule has 3 rings (SSSR count). The first-order valence-electron chi connectivity index (χ1n) is 7.69. The smallest absolute Gasteiger partial charge is 0.332 e. The third-order valence-corrected chi connectivity index (χ3v) is 4.80. The molecule has 2 aliphatic rings. The number of rotatable bonds is 4. The molecule has 2 heterocycles. The lowest BCUT2D eigenvalue weighted by Crippen LogP contribution is -2.50. The number of fused-ring (bicyclic) bond motifs is 1. The molecule has 0 unspecified atom stereocenters. The number of piperidine rings is 1. The summed E-state index contributed by atoms with van der Waals surface area (Å²) in [5, 5.41) is 2.90. The Kier molecular flexibility index (Phi) is 4.75. The van der Waals surface area contributed by atoms with Crippen LogP contribution in [0.3, 0.4) is 0 Å². The number of thioether (sulfide) groups is 1. The molecule has 128 valence electrons. The summed E-state index contributed by atoms with van der Waals surface area (Å²) in [6.07, 6.45) is 2.83. The standard InChI is InChI=1S/C16H18FN3O3S/c1-24-9-14(21)18-11-5-6-19-13(8-11)15(22)20(16(19)23)12-4-2-3-10(17)7-12/h2-4,7,11,13H,5-6,8-9H2,1H3,(H,18,21)/t11-,13+/m1/s1. The topological polar surface area (TPSA) is 69.7 Å². The molecule has 1 N–H and O–H groups in total. The van der Waals surface area contributed by atoms with Crippen LogP contribution in [0, 0.1) is 5.82 Å². The number of nitrogens with one attached hydrogen (secondary N) is 1. The number of benzene rings is 1. The van der Waals surface area contributed by atoms with E-state index in [4.69, 9.17) is 0 Å². The molecule has 0 aliphatic carbocycles. The molecule has 0 aromatic heterocycles. The number of urea groups is 1. The van der Waals surface area contributed by atoms with Crippen molar-refractivity contribution in [2.75, 3.05) is 23.5 Å². The molecule has 0 bridgehead atoms. The molecular weight excluding hydrogens is 333 g/mol. The van der Waals surface area contributed by atoms with Crippen molar-refractivity contribution in [2.24, 2.45) is 0 Å². The summed E-state index contributed by atoms with van der Waals surface area (Å²) in [6, 6.07) is 4.28. The highest BCUT2D eigenvalue weighted by molar-refractivity contribution is 7.99. The quantitative estimate of drug-likeness (QED) is 0.837. The van der Waals surface area contributed by atoms with E-state index in [9.17, 15) is 18.8 Å². The van der Waals surface area contributed by atoms with Crippen LogP contribution in [-0.4, -0.2) is 53.4 Å². The molecule has 24 heavy (non-hydrogen) atoms. The summed E-state index contributed by atoms with van der Waals surface area (Å²) in [4.78, 5) is 39.4. The Hall–Kier alpha value is -2.09. The predicted molar refractivity (Wildman–Crippen MR) is 89.3 cm³/mol. The van der Waals surface area contributed by atoms with Gasteiger partial charge < -0.3 is 10.2 Å². The second-order valence-corrected chi connectivity index (χ2v) is 6.73. The first-order chi connectivity index (χ1) is 11.5. The van der Waals surface area contributed by atoms with E-state index in [0.717, 1.165) is 4.90 Å². The minimum atomic E-state index is -0.603. The van der Waals surface area contributed by atoms with Crippen molar-refractivity contribution in [3.8, 4) is 0 Å². The molecule has 6 nitrogen and oxygen atoms in total. The summed E-state index contributed by atoms with van der Waals surface area (Å²) in [5.74, 6) is -0.568. The average Bonchev–Trinajstić information content (AvgIpc) is 2.78. The summed E-state index contributed by atoms with van der Waals surface area (Å²) in [6.45, 7) is 0.394. The third-order valence-electron chi connectivity index (χ3n) is 4.25. The van der Waals surface area contributed by atoms with Crippen LogP contribution in [0.1, 0.15) is 12.8 Å². The number of hydrogen-bond acceptors (Lipinski definition) is 4. The number of carbonyl (C=O) groups is 3. The van der Waals surface area contributed by atoms with Gasteiger partial charge in [0, 0.05) is 12.6 Å². The summed E-state index contributed by atoms with van der Waals surface area (Å²) >= 11 is 1.43. The van der Waals surface area contributed by atoms with Crippen molar-refractivity contribution >= 4 is 35.3 Å². The lowest BCUT2D eigenvalue weighted by atomic mass is 9.98. The number of halogens is 1. The van der Waals surface area contributed by atoms with Gasteiger partial charge in [0.15, 0.2) is 0 Å². The average molecular weight is 351 g/mol. The van der Waals surface area contributed by atoms with E-state index < -0.39 is 17.9 Å². The van der Waals surface area contributed by atoms with E-state index in [2.05, 4.69) is 5.32 Å². The van der Waals surface area contributed by atoms with Crippen molar-refractivity contribution in [3.63, 3.8) is 0 Å². The number of carbonyl (C=O) groups excluding carboxylic acids is 3. The van der Waals surface area contributed by atoms with Crippen molar-refractivity contribution in [2.45, 2.75) is 24.9 Å². The van der Waals surface area contributed by atoms with E-state index >= 15 is 0 Å². The SMILES string of the molecule is CSCC(=O)N[C@@H]1CCN2C(=O)N(c3cccc(F)c3)C(=O)[C@@H]2C1. The normalized spacial score (nSPS) is 23.4. The Morgan fingerprint density at radius 3 is 2.92 bits per heavy atom. The summed E-state index contributed by atoms with van der Waals surface area (Å²) < 4.78 is 13.4. The van der Waals surface area contributed by atoms with Crippen LogP contribution in [0.25, 0.3) is 0 Å². The number of amides is 4. The number of nitrogens with zero attached hydrogens (tertiary/aromatic N) is 2. The number of anilines is 1. The van der Waals surface area contributed by atoms with Crippen molar-refractivity contribution in [1.29, 1.82) is 0 Å². The monoisotopic (exact) mass is 351 g/mol. The van der Waals surface area contributed by atoms with E-state index in [0.29, 0.717) is 25.1 Å². The molecule has 2 fully saturated rings. The Morgan fingerprint density at radius 1 is 1.42 bits per heavy atom. The van der Waals surface area contributed by atoms with Gasteiger partial charge in [0.05, 0.1) is 11.4 Å². The molecule has 2 aliphatic heterocycles. The lowest BCUT2D eigenvalue weighted by Gasteiger charge is -2.32. The Morgan fingerprint density at radius 2 is 2.21 bits per heavy atom. The molecule has 1 aromatic rings. The van der Waals surface area contributed by atoms with Crippen LogP contribution in [0.15, 0.2) is 24.3 Å². The van der Waals surface area contributed by atoms with Crippen LogP contribution in [0.2, 0.25) is 0 Å². The fraction of sp³-hybridized carbons (Fsp3) is 0.438. The molecule has 4 amide bonds. The van der Waals surface area contributed by atoms with E-state index in [1.165, 1.54) is 40.9 Å².